The molecule has 1 fully saturated rings. The highest BCUT2D eigenvalue weighted by Crippen LogP contribution is 2.22. The predicted octanol–water partition coefficient (Wildman–Crippen LogP) is 2.09. The number of aliphatic hydroxyl groups is 1. The molecule has 17 heavy (non-hydrogen) atoms. The van der Waals surface area contributed by atoms with Gasteiger partial charge in [-0.15, -0.1) is 0 Å². The summed E-state index contributed by atoms with van der Waals surface area (Å²) in [5.74, 6) is 0. The van der Waals surface area contributed by atoms with Gasteiger partial charge in [0.2, 0.25) is 0 Å². The summed E-state index contributed by atoms with van der Waals surface area (Å²) < 4.78 is 10.7. The number of rotatable bonds is 5. The van der Waals surface area contributed by atoms with Crippen LogP contribution < -0.4 is 0 Å². The molecule has 1 N–H and O–H groups in total. The second-order valence-electron chi connectivity index (χ2n) is 4.54. The fraction of sp³-hybridized carbons (Fsp3) is 0.571. The Bertz CT molecular complexity index is 343. The third-order valence-electron chi connectivity index (χ3n) is 3.19. The number of ether oxygens (including phenoxy) is 2. The van der Waals surface area contributed by atoms with Gasteiger partial charge in [0, 0.05) is 0 Å². The molecule has 0 amide bonds. The van der Waals surface area contributed by atoms with E-state index in [0.717, 1.165) is 12.0 Å². The Morgan fingerprint density at radius 3 is 2.47 bits per heavy atom. The quantitative estimate of drug-likeness (QED) is 0.850. The summed E-state index contributed by atoms with van der Waals surface area (Å²) in [5, 5.41) is 10.2. The summed E-state index contributed by atoms with van der Waals surface area (Å²) in [5.41, 5.74) is 2.19. The largest absolute Gasteiger partial charge is 0.386 e. The molecule has 0 aromatic heterocycles. The summed E-state index contributed by atoms with van der Waals surface area (Å²) in [6.07, 6.45) is 0.398. The maximum Gasteiger partial charge on any atom is 0.105 e. The van der Waals surface area contributed by atoms with Gasteiger partial charge < -0.3 is 14.6 Å². The van der Waals surface area contributed by atoms with Crippen LogP contribution >= 0.6 is 0 Å². The SMILES string of the molecule is CCc1ccc(C(O)C(C)OC2COC2)cc1. The van der Waals surface area contributed by atoms with Gasteiger partial charge >= 0.3 is 0 Å². The molecule has 1 saturated heterocycles. The monoisotopic (exact) mass is 236 g/mol. The topological polar surface area (TPSA) is 38.7 Å². The van der Waals surface area contributed by atoms with Crippen molar-refractivity contribution in [1.29, 1.82) is 0 Å². The molecule has 0 radical (unpaired) electrons. The van der Waals surface area contributed by atoms with Crippen molar-refractivity contribution in [1.82, 2.24) is 0 Å². The lowest BCUT2D eigenvalue weighted by atomic mass is 10.0. The van der Waals surface area contributed by atoms with Gasteiger partial charge in [0.05, 0.1) is 19.3 Å². The lowest BCUT2D eigenvalue weighted by Gasteiger charge is -2.31. The van der Waals surface area contributed by atoms with Gasteiger partial charge in [-0.3, -0.25) is 0 Å². The highest BCUT2D eigenvalue weighted by Gasteiger charge is 2.25. The van der Waals surface area contributed by atoms with Crippen LogP contribution in [0.4, 0.5) is 0 Å². The van der Waals surface area contributed by atoms with E-state index in [9.17, 15) is 5.11 Å². The first-order chi connectivity index (χ1) is 8.20. The first-order valence-electron chi connectivity index (χ1n) is 6.20. The lowest BCUT2D eigenvalue weighted by molar-refractivity contribution is -0.171. The van der Waals surface area contributed by atoms with Gasteiger partial charge in [0.1, 0.15) is 12.2 Å². The average molecular weight is 236 g/mol. The molecule has 1 aromatic carbocycles. The van der Waals surface area contributed by atoms with Gasteiger partial charge in [-0.2, -0.15) is 0 Å². The van der Waals surface area contributed by atoms with Crippen molar-refractivity contribution in [3.63, 3.8) is 0 Å². The summed E-state index contributed by atoms with van der Waals surface area (Å²) in [6, 6.07) is 8.05. The average Bonchev–Trinajstić information content (AvgIpc) is 2.32. The first-order valence-corrected chi connectivity index (χ1v) is 6.20. The second kappa shape index (κ2) is 5.63. The minimum atomic E-state index is -0.568. The first kappa shape index (κ1) is 12.6. The van der Waals surface area contributed by atoms with Gasteiger partial charge in [-0.25, -0.2) is 0 Å². The fourth-order valence-corrected chi connectivity index (χ4v) is 1.89. The van der Waals surface area contributed by atoms with Crippen molar-refractivity contribution in [2.24, 2.45) is 0 Å². The summed E-state index contributed by atoms with van der Waals surface area (Å²) >= 11 is 0. The van der Waals surface area contributed by atoms with E-state index < -0.39 is 6.10 Å². The maximum absolute atomic E-state index is 10.2. The summed E-state index contributed by atoms with van der Waals surface area (Å²) in [4.78, 5) is 0. The van der Waals surface area contributed by atoms with Crippen LogP contribution in [0.5, 0.6) is 0 Å². The molecule has 0 saturated carbocycles. The van der Waals surface area contributed by atoms with E-state index in [-0.39, 0.29) is 12.2 Å². The highest BCUT2D eigenvalue weighted by molar-refractivity contribution is 5.24. The number of benzene rings is 1. The minimum Gasteiger partial charge on any atom is -0.386 e. The highest BCUT2D eigenvalue weighted by atomic mass is 16.6. The van der Waals surface area contributed by atoms with E-state index in [0.29, 0.717) is 13.2 Å². The van der Waals surface area contributed by atoms with Crippen LogP contribution in [0.15, 0.2) is 24.3 Å². The Morgan fingerprint density at radius 2 is 2.00 bits per heavy atom. The van der Waals surface area contributed by atoms with Crippen LogP contribution in [-0.2, 0) is 15.9 Å². The Kier molecular flexibility index (Phi) is 4.15. The fourth-order valence-electron chi connectivity index (χ4n) is 1.89. The third kappa shape index (κ3) is 3.06. The van der Waals surface area contributed by atoms with Crippen molar-refractivity contribution in [2.75, 3.05) is 13.2 Å². The molecule has 3 nitrogen and oxygen atoms in total. The van der Waals surface area contributed by atoms with Crippen LogP contribution in [0.2, 0.25) is 0 Å². The van der Waals surface area contributed by atoms with Crippen LogP contribution in [0.25, 0.3) is 0 Å². The van der Waals surface area contributed by atoms with E-state index in [1.807, 2.05) is 19.1 Å². The van der Waals surface area contributed by atoms with Gasteiger partial charge in [0.15, 0.2) is 0 Å². The Hall–Kier alpha value is -0.900. The lowest BCUT2D eigenvalue weighted by Crippen LogP contribution is -2.39. The van der Waals surface area contributed by atoms with Gasteiger partial charge in [-0.05, 0) is 24.5 Å². The van der Waals surface area contributed by atoms with Crippen LogP contribution in [0.1, 0.15) is 31.1 Å². The molecule has 1 aliphatic rings. The molecule has 0 aliphatic carbocycles. The smallest absolute Gasteiger partial charge is 0.105 e. The van der Waals surface area contributed by atoms with Crippen LogP contribution in [0, 0.1) is 0 Å². The molecule has 3 heteroatoms. The predicted molar refractivity (Wildman–Crippen MR) is 65.9 cm³/mol. The Morgan fingerprint density at radius 1 is 1.35 bits per heavy atom. The molecule has 1 aliphatic heterocycles. The Balaban J connectivity index is 1.94. The molecule has 0 bridgehead atoms. The molecule has 2 atom stereocenters. The minimum absolute atomic E-state index is 0.148. The number of hydrogen-bond acceptors (Lipinski definition) is 3. The van der Waals surface area contributed by atoms with Crippen molar-refractivity contribution in [2.45, 2.75) is 38.6 Å². The molecule has 2 unspecified atom stereocenters. The molecule has 1 heterocycles. The normalized spacial score (nSPS) is 19.7. The number of aliphatic hydroxyl groups excluding tert-OH is 1. The van der Waals surface area contributed by atoms with Crippen molar-refractivity contribution in [3.8, 4) is 0 Å². The molecule has 0 spiro atoms. The van der Waals surface area contributed by atoms with E-state index in [1.54, 1.807) is 0 Å². The van der Waals surface area contributed by atoms with Gasteiger partial charge in [0.25, 0.3) is 0 Å². The van der Waals surface area contributed by atoms with E-state index in [4.69, 9.17) is 9.47 Å². The zero-order valence-electron chi connectivity index (χ0n) is 10.4. The van der Waals surface area contributed by atoms with E-state index in [2.05, 4.69) is 19.1 Å². The Labute approximate surface area is 102 Å². The third-order valence-corrected chi connectivity index (χ3v) is 3.19. The maximum atomic E-state index is 10.2. The molecular formula is C14H20O3. The number of aryl methyl sites for hydroxylation is 1. The van der Waals surface area contributed by atoms with Gasteiger partial charge in [-0.1, -0.05) is 31.2 Å². The molecule has 94 valence electrons. The summed E-state index contributed by atoms with van der Waals surface area (Å²) in [7, 11) is 0. The van der Waals surface area contributed by atoms with Crippen molar-refractivity contribution in [3.05, 3.63) is 35.4 Å². The number of hydrogen-bond donors (Lipinski definition) is 1. The molecule has 2 rings (SSSR count). The van der Waals surface area contributed by atoms with Crippen molar-refractivity contribution < 1.29 is 14.6 Å². The zero-order chi connectivity index (χ0) is 12.3. The van der Waals surface area contributed by atoms with Crippen LogP contribution in [0.3, 0.4) is 0 Å². The standard InChI is InChI=1S/C14H20O3/c1-3-11-4-6-12(7-5-11)14(15)10(2)17-13-8-16-9-13/h4-7,10,13-15H,3,8-9H2,1-2H3. The molecular weight excluding hydrogens is 216 g/mol. The van der Waals surface area contributed by atoms with Crippen molar-refractivity contribution >= 4 is 0 Å². The van der Waals surface area contributed by atoms with E-state index in [1.165, 1.54) is 5.56 Å². The second-order valence-corrected chi connectivity index (χ2v) is 4.54. The van der Waals surface area contributed by atoms with Crippen LogP contribution in [-0.4, -0.2) is 30.5 Å². The van der Waals surface area contributed by atoms with E-state index >= 15 is 0 Å². The zero-order valence-corrected chi connectivity index (χ0v) is 10.4. The summed E-state index contributed by atoms with van der Waals surface area (Å²) in [6.45, 7) is 5.31. The molecule has 1 aromatic rings.